The summed E-state index contributed by atoms with van der Waals surface area (Å²) in [5.41, 5.74) is 5.69. The minimum atomic E-state index is -2.42. The van der Waals surface area contributed by atoms with Crippen molar-refractivity contribution in [3.8, 4) is 0 Å². The fourth-order valence-electron chi connectivity index (χ4n) is 3.41. The number of hydrogen-bond donors (Lipinski definition) is 1. The molecule has 0 aromatic heterocycles. The maximum Gasteiger partial charge on any atom is 0.248 e. The summed E-state index contributed by atoms with van der Waals surface area (Å²) in [5.74, 6) is -1.68. The molecule has 3 atom stereocenters. The fourth-order valence-corrected chi connectivity index (χ4v) is 3.41. The highest BCUT2D eigenvalue weighted by Crippen LogP contribution is 2.37. The van der Waals surface area contributed by atoms with E-state index in [1.807, 2.05) is 0 Å². The molecule has 18 heavy (non-hydrogen) atoms. The molecule has 0 aromatic carbocycles. The topological polar surface area (TPSA) is 29.3 Å². The van der Waals surface area contributed by atoms with Crippen molar-refractivity contribution in [3.63, 3.8) is 0 Å². The Bertz CT molecular complexity index is 263. The van der Waals surface area contributed by atoms with E-state index in [0.29, 0.717) is 18.4 Å². The average molecular weight is 283 g/mol. The lowest BCUT2D eigenvalue weighted by atomic mass is 9.86. The number of nitrogens with two attached hydrogens (primary N) is 1. The number of nitrogens with zero attached hydrogens (tertiary/aromatic N) is 1. The lowest BCUT2D eigenvalue weighted by Gasteiger charge is -2.33. The van der Waals surface area contributed by atoms with Crippen molar-refractivity contribution in [2.24, 2.45) is 17.6 Å². The Morgan fingerprint density at radius 1 is 1.33 bits per heavy atom. The van der Waals surface area contributed by atoms with Gasteiger partial charge in [-0.3, -0.25) is 0 Å². The highest BCUT2D eigenvalue weighted by Gasteiger charge is 2.38. The standard InChI is InChI=1S/C13H24F2N2.ClH/c1-10-5-12(7-16)9-17(10)8-11-3-2-4-13(14,15)6-11;/h10-12H,2-9,16H2,1H3;1H. The van der Waals surface area contributed by atoms with Crippen molar-refractivity contribution in [3.05, 3.63) is 0 Å². The second kappa shape index (κ2) is 6.49. The molecule has 1 saturated carbocycles. The van der Waals surface area contributed by atoms with Gasteiger partial charge in [0.15, 0.2) is 0 Å². The van der Waals surface area contributed by atoms with E-state index in [4.69, 9.17) is 5.73 Å². The predicted octanol–water partition coefficient (Wildman–Crippen LogP) is 2.90. The minimum Gasteiger partial charge on any atom is -0.330 e. The third-order valence-electron chi connectivity index (χ3n) is 4.36. The summed E-state index contributed by atoms with van der Waals surface area (Å²) >= 11 is 0. The van der Waals surface area contributed by atoms with E-state index in [-0.39, 0.29) is 31.2 Å². The van der Waals surface area contributed by atoms with Crippen molar-refractivity contribution in [1.82, 2.24) is 4.90 Å². The van der Waals surface area contributed by atoms with Crippen LogP contribution in [-0.2, 0) is 0 Å². The summed E-state index contributed by atoms with van der Waals surface area (Å²) in [4.78, 5) is 2.36. The molecule has 0 bridgehead atoms. The molecule has 1 aliphatic heterocycles. The van der Waals surface area contributed by atoms with Gasteiger partial charge in [0, 0.05) is 32.0 Å². The van der Waals surface area contributed by atoms with E-state index in [9.17, 15) is 8.78 Å². The van der Waals surface area contributed by atoms with Gasteiger partial charge in [-0.05, 0) is 44.6 Å². The quantitative estimate of drug-likeness (QED) is 0.862. The molecular weight excluding hydrogens is 258 g/mol. The van der Waals surface area contributed by atoms with Crippen LogP contribution in [0.25, 0.3) is 0 Å². The molecule has 5 heteroatoms. The fraction of sp³-hybridized carbons (Fsp3) is 1.00. The minimum absolute atomic E-state index is 0. The Kier molecular flexibility index (Phi) is 5.81. The first kappa shape index (κ1) is 16.1. The second-order valence-electron chi connectivity index (χ2n) is 5.96. The normalized spacial score (nSPS) is 36.3. The second-order valence-corrected chi connectivity index (χ2v) is 5.96. The Labute approximate surface area is 115 Å². The lowest BCUT2D eigenvalue weighted by Crippen LogP contribution is -2.37. The summed E-state index contributed by atoms with van der Waals surface area (Å²) in [6.07, 6.45) is 2.94. The zero-order valence-corrected chi connectivity index (χ0v) is 11.9. The molecule has 108 valence electrons. The predicted molar refractivity (Wildman–Crippen MR) is 72.3 cm³/mol. The van der Waals surface area contributed by atoms with E-state index in [2.05, 4.69) is 11.8 Å². The zero-order chi connectivity index (χ0) is 12.5. The summed E-state index contributed by atoms with van der Waals surface area (Å²) in [6.45, 7) is 4.76. The molecule has 3 unspecified atom stereocenters. The molecule has 2 nitrogen and oxygen atoms in total. The van der Waals surface area contributed by atoms with E-state index >= 15 is 0 Å². The Hall–Kier alpha value is 0.0700. The van der Waals surface area contributed by atoms with Crippen LogP contribution in [0, 0.1) is 11.8 Å². The largest absolute Gasteiger partial charge is 0.330 e. The van der Waals surface area contributed by atoms with Gasteiger partial charge in [0.1, 0.15) is 0 Å². The molecule has 0 spiro atoms. The van der Waals surface area contributed by atoms with Gasteiger partial charge >= 0.3 is 0 Å². The third kappa shape index (κ3) is 4.04. The van der Waals surface area contributed by atoms with Gasteiger partial charge in [-0.15, -0.1) is 12.4 Å². The molecule has 2 fully saturated rings. The van der Waals surface area contributed by atoms with Crippen molar-refractivity contribution < 1.29 is 8.78 Å². The summed E-state index contributed by atoms with van der Waals surface area (Å²) in [5, 5.41) is 0. The molecule has 1 saturated heterocycles. The molecule has 1 aliphatic carbocycles. The zero-order valence-electron chi connectivity index (χ0n) is 11.1. The Balaban J connectivity index is 0.00000162. The molecule has 0 radical (unpaired) electrons. The first-order valence-corrected chi connectivity index (χ1v) is 6.82. The van der Waals surface area contributed by atoms with Crippen LogP contribution in [0.15, 0.2) is 0 Å². The van der Waals surface area contributed by atoms with Gasteiger partial charge in [0.2, 0.25) is 5.92 Å². The first-order chi connectivity index (χ1) is 8.00. The van der Waals surface area contributed by atoms with Crippen LogP contribution in [0.4, 0.5) is 8.78 Å². The molecule has 1 heterocycles. The van der Waals surface area contributed by atoms with Gasteiger partial charge in [-0.25, -0.2) is 8.78 Å². The van der Waals surface area contributed by atoms with Gasteiger partial charge < -0.3 is 10.6 Å². The van der Waals surface area contributed by atoms with Crippen LogP contribution in [0.3, 0.4) is 0 Å². The van der Waals surface area contributed by atoms with Crippen LogP contribution in [-0.4, -0.2) is 36.5 Å². The number of hydrogen-bond acceptors (Lipinski definition) is 2. The van der Waals surface area contributed by atoms with Crippen LogP contribution < -0.4 is 5.73 Å². The van der Waals surface area contributed by atoms with E-state index in [0.717, 1.165) is 32.5 Å². The maximum atomic E-state index is 13.3. The number of alkyl halides is 2. The van der Waals surface area contributed by atoms with E-state index < -0.39 is 5.92 Å². The molecule has 2 rings (SSSR count). The van der Waals surface area contributed by atoms with Gasteiger partial charge in [-0.2, -0.15) is 0 Å². The maximum absolute atomic E-state index is 13.3. The van der Waals surface area contributed by atoms with Crippen molar-refractivity contribution in [2.75, 3.05) is 19.6 Å². The lowest BCUT2D eigenvalue weighted by molar-refractivity contribution is -0.0572. The Morgan fingerprint density at radius 2 is 2.06 bits per heavy atom. The van der Waals surface area contributed by atoms with E-state index in [1.54, 1.807) is 0 Å². The van der Waals surface area contributed by atoms with Crippen LogP contribution in [0.5, 0.6) is 0 Å². The highest BCUT2D eigenvalue weighted by atomic mass is 35.5. The smallest absolute Gasteiger partial charge is 0.248 e. The SMILES string of the molecule is CC1CC(CN)CN1CC1CCCC(F)(F)C1.Cl. The monoisotopic (exact) mass is 282 g/mol. The molecule has 0 amide bonds. The third-order valence-corrected chi connectivity index (χ3v) is 4.36. The highest BCUT2D eigenvalue weighted by molar-refractivity contribution is 5.85. The van der Waals surface area contributed by atoms with Crippen LogP contribution in [0.1, 0.15) is 39.0 Å². The van der Waals surface area contributed by atoms with Crippen molar-refractivity contribution in [1.29, 1.82) is 0 Å². The van der Waals surface area contributed by atoms with Crippen LogP contribution >= 0.6 is 12.4 Å². The molecule has 2 aliphatic rings. The van der Waals surface area contributed by atoms with Crippen LogP contribution in [0.2, 0.25) is 0 Å². The van der Waals surface area contributed by atoms with E-state index in [1.165, 1.54) is 0 Å². The van der Waals surface area contributed by atoms with Gasteiger partial charge in [0.25, 0.3) is 0 Å². The molecule has 0 aromatic rings. The summed E-state index contributed by atoms with van der Waals surface area (Å²) in [7, 11) is 0. The number of rotatable bonds is 3. The van der Waals surface area contributed by atoms with Crippen molar-refractivity contribution in [2.45, 2.75) is 51.0 Å². The van der Waals surface area contributed by atoms with Gasteiger partial charge in [0.05, 0.1) is 0 Å². The summed E-state index contributed by atoms with van der Waals surface area (Å²) < 4.78 is 26.7. The molecular formula is C13H25ClF2N2. The Morgan fingerprint density at radius 3 is 2.61 bits per heavy atom. The number of likely N-dealkylation sites (tertiary alicyclic amines) is 1. The first-order valence-electron chi connectivity index (χ1n) is 6.82. The molecule has 2 N–H and O–H groups in total. The summed E-state index contributed by atoms with van der Waals surface area (Å²) in [6, 6.07) is 0.513. The van der Waals surface area contributed by atoms with Gasteiger partial charge in [-0.1, -0.05) is 0 Å². The number of halogens is 3. The van der Waals surface area contributed by atoms with Crippen molar-refractivity contribution >= 4 is 12.4 Å². The average Bonchev–Trinajstić information content (AvgIpc) is 2.58.